The van der Waals surface area contributed by atoms with Crippen molar-refractivity contribution in [1.29, 1.82) is 5.26 Å². The van der Waals surface area contributed by atoms with Gasteiger partial charge in [-0.05, 0) is 39.0 Å². The third-order valence-electron chi connectivity index (χ3n) is 4.98. The molecule has 0 saturated carbocycles. The first-order valence-corrected chi connectivity index (χ1v) is 9.37. The first-order valence-electron chi connectivity index (χ1n) is 9.37. The third-order valence-corrected chi connectivity index (χ3v) is 4.98. The molecule has 4 aromatic rings. The second-order valence-electron chi connectivity index (χ2n) is 7.25. The van der Waals surface area contributed by atoms with E-state index in [9.17, 15) is 18.8 Å². The van der Waals surface area contributed by atoms with Crippen molar-refractivity contribution >= 4 is 27.9 Å². The molecule has 0 aliphatic rings. The van der Waals surface area contributed by atoms with Crippen LogP contribution in [0, 0.1) is 18.3 Å². The van der Waals surface area contributed by atoms with Gasteiger partial charge in [0.15, 0.2) is 17.3 Å². The number of ketones is 1. The molecule has 1 unspecified atom stereocenters. The van der Waals surface area contributed by atoms with Crippen molar-refractivity contribution in [3.63, 3.8) is 0 Å². The summed E-state index contributed by atoms with van der Waals surface area (Å²) in [5, 5.41) is 14.6. The van der Waals surface area contributed by atoms with Crippen LogP contribution >= 0.6 is 0 Å². The van der Waals surface area contributed by atoms with Crippen molar-refractivity contribution in [1.82, 2.24) is 24.3 Å². The van der Waals surface area contributed by atoms with Crippen molar-refractivity contribution in [2.75, 3.05) is 0 Å². The molecule has 3 heterocycles. The van der Waals surface area contributed by atoms with Gasteiger partial charge in [-0.2, -0.15) is 19.1 Å². The fourth-order valence-electron chi connectivity index (χ4n) is 3.55. The van der Waals surface area contributed by atoms with Gasteiger partial charge in [-0.15, -0.1) is 0 Å². The minimum atomic E-state index is -2.94. The smallest absolute Gasteiger partial charge is 0.292 e. The topological polar surface area (TPSA) is 89.4 Å². The van der Waals surface area contributed by atoms with Gasteiger partial charge in [0.2, 0.25) is 0 Å². The molecule has 1 aromatic carbocycles. The van der Waals surface area contributed by atoms with Gasteiger partial charge in [-0.3, -0.25) is 9.36 Å². The van der Waals surface area contributed by atoms with Gasteiger partial charge in [-0.1, -0.05) is 12.1 Å². The Bertz CT molecular complexity index is 1310. The lowest BCUT2D eigenvalue weighted by molar-refractivity contribution is 0.0701. The molecule has 0 amide bonds. The molecule has 0 fully saturated rings. The largest absolute Gasteiger partial charge is 0.320 e. The Hall–Kier alpha value is -3.67. The molecule has 0 bridgehead atoms. The van der Waals surface area contributed by atoms with E-state index in [1.165, 1.54) is 6.07 Å². The van der Waals surface area contributed by atoms with Crippen LogP contribution in [0.3, 0.4) is 0 Å². The van der Waals surface area contributed by atoms with Gasteiger partial charge in [0, 0.05) is 17.0 Å². The fraction of sp³-hybridized carbons (Fsp3) is 0.286. The lowest BCUT2D eigenvalue weighted by Crippen LogP contribution is -2.18. The number of aryl methyl sites for hydroxylation is 1. The van der Waals surface area contributed by atoms with Crippen LogP contribution in [0.25, 0.3) is 22.1 Å². The summed E-state index contributed by atoms with van der Waals surface area (Å²) < 4.78 is 30.0. The van der Waals surface area contributed by atoms with E-state index in [4.69, 9.17) is 0 Å². The molecule has 30 heavy (non-hydrogen) atoms. The van der Waals surface area contributed by atoms with Crippen molar-refractivity contribution < 1.29 is 13.6 Å². The summed E-state index contributed by atoms with van der Waals surface area (Å²) in [6.07, 6.45) is 1.59. The van der Waals surface area contributed by atoms with Crippen LogP contribution < -0.4 is 0 Å². The number of para-hydroxylation sites is 2. The number of carbonyl (C=O) groups is 1. The minimum absolute atomic E-state index is 0.0776. The van der Waals surface area contributed by atoms with Crippen LogP contribution in [-0.2, 0) is 0 Å². The molecule has 3 aromatic heterocycles. The second kappa shape index (κ2) is 7.30. The SMILES string of the molecule is Cc1nc2c(cnn2C(C)C)cc1C(=O)C(C#N)c1nc2ccccc2n1C(F)F. The Morgan fingerprint density at radius 1 is 1.20 bits per heavy atom. The number of Topliss-reactive ketones (excluding diaryl/α,β-unsaturated/α-hetero) is 1. The number of carbonyl (C=O) groups excluding carboxylic acids is 1. The lowest BCUT2D eigenvalue weighted by Gasteiger charge is -2.13. The van der Waals surface area contributed by atoms with Gasteiger partial charge >= 0.3 is 6.55 Å². The maximum absolute atomic E-state index is 13.8. The number of halogens is 2. The Labute approximate surface area is 170 Å². The summed E-state index contributed by atoms with van der Waals surface area (Å²) >= 11 is 0. The molecule has 0 aliphatic carbocycles. The maximum atomic E-state index is 13.8. The van der Waals surface area contributed by atoms with Crippen LogP contribution in [0.5, 0.6) is 0 Å². The molecule has 0 radical (unpaired) electrons. The van der Waals surface area contributed by atoms with Crippen molar-refractivity contribution in [3.05, 3.63) is 53.6 Å². The number of aromatic nitrogens is 5. The van der Waals surface area contributed by atoms with E-state index in [1.807, 2.05) is 19.9 Å². The molecule has 0 spiro atoms. The Morgan fingerprint density at radius 3 is 2.60 bits per heavy atom. The summed E-state index contributed by atoms with van der Waals surface area (Å²) in [5.74, 6) is -2.40. The second-order valence-corrected chi connectivity index (χ2v) is 7.25. The Morgan fingerprint density at radius 2 is 1.93 bits per heavy atom. The summed E-state index contributed by atoms with van der Waals surface area (Å²) in [5.41, 5.74) is 1.66. The van der Waals surface area contributed by atoms with Gasteiger partial charge in [0.25, 0.3) is 0 Å². The van der Waals surface area contributed by atoms with Crippen LogP contribution in [0.4, 0.5) is 8.78 Å². The minimum Gasteiger partial charge on any atom is -0.292 e. The van der Waals surface area contributed by atoms with Crippen LogP contribution in [0.1, 0.15) is 54.2 Å². The number of hydrogen-bond donors (Lipinski definition) is 0. The first kappa shape index (κ1) is 19.6. The predicted octanol–water partition coefficient (Wildman–Crippen LogP) is 4.56. The van der Waals surface area contributed by atoms with Gasteiger partial charge in [0.05, 0.1) is 29.0 Å². The molecule has 0 N–H and O–H groups in total. The van der Waals surface area contributed by atoms with Crippen molar-refractivity contribution in [2.45, 2.75) is 39.3 Å². The highest BCUT2D eigenvalue weighted by atomic mass is 19.3. The quantitative estimate of drug-likeness (QED) is 0.452. The van der Waals surface area contributed by atoms with Crippen molar-refractivity contribution in [3.8, 4) is 6.07 Å². The van der Waals surface area contributed by atoms with Gasteiger partial charge < -0.3 is 0 Å². The fourth-order valence-corrected chi connectivity index (χ4v) is 3.55. The number of nitrogens with zero attached hydrogens (tertiary/aromatic N) is 6. The van der Waals surface area contributed by atoms with Gasteiger partial charge in [-0.25, -0.2) is 14.6 Å². The maximum Gasteiger partial charge on any atom is 0.320 e. The van der Waals surface area contributed by atoms with Gasteiger partial charge in [0.1, 0.15) is 5.82 Å². The number of rotatable bonds is 5. The Balaban J connectivity index is 1.85. The zero-order valence-corrected chi connectivity index (χ0v) is 16.5. The summed E-state index contributed by atoms with van der Waals surface area (Å²) in [7, 11) is 0. The van der Waals surface area contributed by atoms with E-state index in [2.05, 4.69) is 15.1 Å². The normalized spacial score (nSPS) is 12.7. The molecular formula is C21H18F2N6O. The molecule has 1 atom stereocenters. The first-order chi connectivity index (χ1) is 14.3. The van der Waals surface area contributed by atoms with Crippen LogP contribution in [0.15, 0.2) is 36.5 Å². The zero-order chi connectivity index (χ0) is 21.6. The zero-order valence-electron chi connectivity index (χ0n) is 16.5. The van der Waals surface area contributed by atoms with E-state index in [-0.39, 0.29) is 22.9 Å². The number of alkyl halides is 2. The number of fused-ring (bicyclic) bond motifs is 2. The van der Waals surface area contributed by atoms with E-state index in [1.54, 1.807) is 42.1 Å². The molecule has 0 saturated heterocycles. The molecule has 7 nitrogen and oxygen atoms in total. The summed E-state index contributed by atoms with van der Waals surface area (Å²) in [6, 6.07) is 9.85. The average molecular weight is 408 g/mol. The highest BCUT2D eigenvalue weighted by Crippen LogP contribution is 2.30. The van der Waals surface area contributed by atoms with Crippen LogP contribution in [0.2, 0.25) is 0 Å². The van der Waals surface area contributed by atoms with Crippen molar-refractivity contribution in [2.24, 2.45) is 0 Å². The highest BCUT2D eigenvalue weighted by molar-refractivity contribution is 6.05. The summed E-state index contributed by atoms with van der Waals surface area (Å²) in [6.45, 7) is 2.63. The predicted molar refractivity (Wildman–Crippen MR) is 106 cm³/mol. The number of hydrogen-bond acceptors (Lipinski definition) is 5. The third kappa shape index (κ3) is 3.01. The monoisotopic (exact) mass is 408 g/mol. The number of nitriles is 1. The van der Waals surface area contributed by atoms with E-state index >= 15 is 0 Å². The van der Waals surface area contributed by atoms with Crippen LogP contribution in [-0.4, -0.2) is 30.1 Å². The standard InChI is InChI=1S/C21H18F2N6O/c1-11(2)29-19-13(10-25-29)8-14(12(3)26-19)18(30)15(9-24)20-27-16-6-4-5-7-17(16)28(20)21(22)23/h4-8,10-11,15,21H,1-3H3. The molecule has 4 rings (SSSR count). The molecule has 152 valence electrons. The number of imidazole rings is 1. The van der Waals surface area contributed by atoms with E-state index in [0.29, 0.717) is 26.8 Å². The van der Waals surface area contributed by atoms with E-state index < -0.39 is 18.3 Å². The summed E-state index contributed by atoms with van der Waals surface area (Å²) in [4.78, 5) is 21.9. The Kier molecular flexibility index (Phi) is 4.78. The molecule has 0 aliphatic heterocycles. The molecule has 9 heteroatoms. The highest BCUT2D eigenvalue weighted by Gasteiger charge is 2.32. The average Bonchev–Trinajstić information content (AvgIpc) is 3.28. The molecular weight excluding hydrogens is 390 g/mol. The van der Waals surface area contributed by atoms with E-state index in [0.717, 1.165) is 0 Å². The lowest BCUT2D eigenvalue weighted by atomic mass is 9.96. The number of benzene rings is 1. The number of pyridine rings is 1.